The Kier molecular flexibility index (Phi) is 6.04. The van der Waals surface area contributed by atoms with Crippen LogP contribution in [0.5, 0.6) is 0 Å². The molecule has 0 spiro atoms. The highest BCUT2D eigenvalue weighted by molar-refractivity contribution is 6.31. The first-order chi connectivity index (χ1) is 8.54. The Bertz CT molecular complexity index is 412. The minimum absolute atomic E-state index is 0.00596. The maximum absolute atomic E-state index is 10.6. The van der Waals surface area contributed by atoms with Crippen molar-refractivity contribution in [3.05, 3.63) is 38.9 Å². The van der Waals surface area contributed by atoms with E-state index in [0.717, 1.165) is 5.56 Å². The summed E-state index contributed by atoms with van der Waals surface area (Å²) in [5.74, 6) is 0. The van der Waals surface area contributed by atoms with Gasteiger partial charge in [0, 0.05) is 31.8 Å². The van der Waals surface area contributed by atoms with E-state index in [-0.39, 0.29) is 11.8 Å². The summed E-state index contributed by atoms with van der Waals surface area (Å²) in [4.78, 5) is 10.1. The van der Waals surface area contributed by atoms with E-state index in [1.54, 1.807) is 6.07 Å². The van der Waals surface area contributed by atoms with Crippen LogP contribution in [-0.4, -0.2) is 24.2 Å². The standard InChI is InChI=1S/C12H17ClN2O3/c1-3-18-9(2)7-14-8-10-4-5-11(15(16)17)6-12(10)13/h4-6,9,14H,3,7-8H2,1-2H3. The van der Waals surface area contributed by atoms with E-state index in [1.165, 1.54) is 12.1 Å². The van der Waals surface area contributed by atoms with Gasteiger partial charge in [-0.25, -0.2) is 0 Å². The summed E-state index contributed by atoms with van der Waals surface area (Å²) in [6.45, 7) is 5.88. The van der Waals surface area contributed by atoms with Gasteiger partial charge < -0.3 is 10.1 Å². The predicted octanol–water partition coefficient (Wildman–Crippen LogP) is 2.76. The van der Waals surface area contributed by atoms with Gasteiger partial charge in [-0.3, -0.25) is 10.1 Å². The number of nitrogens with one attached hydrogen (secondary N) is 1. The Labute approximate surface area is 111 Å². The molecule has 0 radical (unpaired) electrons. The average molecular weight is 273 g/mol. The molecule has 18 heavy (non-hydrogen) atoms. The van der Waals surface area contributed by atoms with Gasteiger partial charge in [0.25, 0.3) is 5.69 Å². The lowest BCUT2D eigenvalue weighted by atomic mass is 10.2. The van der Waals surface area contributed by atoms with Crippen molar-refractivity contribution in [2.45, 2.75) is 26.5 Å². The van der Waals surface area contributed by atoms with Crippen molar-refractivity contribution in [2.75, 3.05) is 13.2 Å². The molecule has 0 heterocycles. The van der Waals surface area contributed by atoms with Gasteiger partial charge >= 0.3 is 0 Å². The van der Waals surface area contributed by atoms with Gasteiger partial charge in [0.05, 0.1) is 16.0 Å². The van der Waals surface area contributed by atoms with E-state index >= 15 is 0 Å². The topological polar surface area (TPSA) is 64.4 Å². The largest absolute Gasteiger partial charge is 0.377 e. The first kappa shape index (κ1) is 14.9. The summed E-state index contributed by atoms with van der Waals surface area (Å²) >= 11 is 5.97. The van der Waals surface area contributed by atoms with Gasteiger partial charge in [-0.05, 0) is 25.5 Å². The fourth-order valence-electron chi connectivity index (χ4n) is 1.55. The molecule has 0 amide bonds. The van der Waals surface area contributed by atoms with Crippen molar-refractivity contribution in [1.82, 2.24) is 5.32 Å². The van der Waals surface area contributed by atoms with Crippen molar-refractivity contribution in [2.24, 2.45) is 0 Å². The molecule has 0 aliphatic rings. The molecule has 0 saturated carbocycles. The van der Waals surface area contributed by atoms with Gasteiger partial charge in [0.2, 0.25) is 0 Å². The van der Waals surface area contributed by atoms with Crippen molar-refractivity contribution in [3.63, 3.8) is 0 Å². The van der Waals surface area contributed by atoms with Gasteiger partial charge in [-0.15, -0.1) is 0 Å². The van der Waals surface area contributed by atoms with E-state index in [0.29, 0.717) is 24.7 Å². The van der Waals surface area contributed by atoms with Crippen LogP contribution in [0.15, 0.2) is 18.2 Å². The summed E-state index contributed by atoms with van der Waals surface area (Å²) < 4.78 is 5.38. The van der Waals surface area contributed by atoms with Crippen LogP contribution in [0.25, 0.3) is 0 Å². The fourth-order valence-corrected chi connectivity index (χ4v) is 1.79. The number of halogens is 1. The highest BCUT2D eigenvalue weighted by Gasteiger charge is 2.09. The zero-order chi connectivity index (χ0) is 13.5. The lowest BCUT2D eigenvalue weighted by molar-refractivity contribution is -0.384. The molecule has 5 nitrogen and oxygen atoms in total. The second-order valence-electron chi connectivity index (χ2n) is 3.93. The van der Waals surface area contributed by atoms with E-state index in [4.69, 9.17) is 16.3 Å². The van der Waals surface area contributed by atoms with Crippen LogP contribution in [0.3, 0.4) is 0 Å². The summed E-state index contributed by atoms with van der Waals surface area (Å²) in [6, 6.07) is 4.48. The minimum Gasteiger partial charge on any atom is -0.377 e. The number of benzene rings is 1. The highest BCUT2D eigenvalue weighted by Crippen LogP contribution is 2.22. The normalized spacial score (nSPS) is 12.4. The average Bonchev–Trinajstić information content (AvgIpc) is 2.31. The molecule has 6 heteroatoms. The second-order valence-corrected chi connectivity index (χ2v) is 4.34. The van der Waals surface area contributed by atoms with E-state index in [9.17, 15) is 10.1 Å². The monoisotopic (exact) mass is 272 g/mol. The van der Waals surface area contributed by atoms with Gasteiger partial charge in [0.15, 0.2) is 0 Å². The van der Waals surface area contributed by atoms with Crippen LogP contribution in [0.2, 0.25) is 5.02 Å². The molecular weight excluding hydrogens is 256 g/mol. The van der Waals surface area contributed by atoms with Crippen molar-refractivity contribution >= 4 is 17.3 Å². The molecule has 1 unspecified atom stereocenters. The summed E-state index contributed by atoms with van der Waals surface area (Å²) in [7, 11) is 0. The smallest absolute Gasteiger partial charge is 0.270 e. The number of nitrogens with zero attached hydrogens (tertiary/aromatic N) is 1. The molecule has 0 fully saturated rings. The number of nitro groups is 1. The molecule has 1 aromatic carbocycles. The Morgan fingerprint density at radius 1 is 1.56 bits per heavy atom. The first-order valence-corrected chi connectivity index (χ1v) is 6.17. The van der Waals surface area contributed by atoms with Crippen LogP contribution in [0.1, 0.15) is 19.4 Å². The Morgan fingerprint density at radius 2 is 2.28 bits per heavy atom. The summed E-state index contributed by atoms with van der Waals surface area (Å²) in [5.41, 5.74) is 0.845. The third-order valence-electron chi connectivity index (χ3n) is 2.45. The maximum Gasteiger partial charge on any atom is 0.270 e. The van der Waals surface area contributed by atoms with Gasteiger partial charge in [0.1, 0.15) is 0 Å². The van der Waals surface area contributed by atoms with Crippen molar-refractivity contribution in [3.8, 4) is 0 Å². The SMILES string of the molecule is CCOC(C)CNCc1ccc([N+](=O)[O-])cc1Cl. The lowest BCUT2D eigenvalue weighted by Gasteiger charge is -2.13. The van der Waals surface area contributed by atoms with Crippen LogP contribution < -0.4 is 5.32 Å². The Balaban J connectivity index is 2.50. The van der Waals surface area contributed by atoms with Crippen LogP contribution in [0, 0.1) is 10.1 Å². The number of non-ortho nitro benzene ring substituents is 1. The van der Waals surface area contributed by atoms with Crippen LogP contribution in [0.4, 0.5) is 5.69 Å². The van der Waals surface area contributed by atoms with E-state index < -0.39 is 4.92 Å². The molecule has 1 atom stereocenters. The van der Waals surface area contributed by atoms with Crippen molar-refractivity contribution < 1.29 is 9.66 Å². The van der Waals surface area contributed by atoms with Crippen molar-refractivity contribution in [1.29, 1.82) is 0 Å². The highest BCUT2D eigenvalue weighted by atomic mass is 35.5. The van der Waals surface area contributed by atoms with E-state index in [1.807, 2.05) is 13.8 Å². The summed E-state index contributed by atoms with van der Waals surface area (Å²) in [6.07, 6.45) is 0.131. The van der Waals surface area contributed by atoms with Crippen LogP contribution >= 0.6 is 11.6 Å². The lowest BCUT2D eigenvalue weighted by Crippen LogP contribution is -2.26. The van der Waals surface area contributed by atoms with E-state index in [2.05, 4.69) is 5.32 Å². The Hall–Kier alpha value is -1.17. The number of hydrogen-bond donors (Lipinski definition) is 1. The zero-order valence-electron chi connectivity index (χ0n) is 10.5. The number of ether oxygens (including phenoxy) is 1. The van der Waals surface area contributed by atoms with Gasteiger partial charge in [-0.1, -0.05) is 11.6 Å². The molecular formula is C12H17ClN2O3. The quantitative estimate of drug-likeness (QED) is 0.612. The molecule has 0 aliphatic heterocycles. The molecule has 0 saturated heterocycles. The molecule has 0 bridgehead atoms. The number of hydrogen-bond acceptors (Lipinski definition) is 4. The number of nitro benzene ring substituents is 1. The maximum atomic E-state index is 10.6. The number of rotatable bonds is 7. The molecule has 0 aromatic heterocycles. The fraction of sp³-hybridized carbons (Fsp3) is 0.500. The third kappa shape index (κ3) is 4.60. The first-order valence-electron chi connectivity index (χ1n) is 5.79. The van der Waals surface area contributed by atoms with Gasteiger partial charge in [-0.2, -0.15) is 0 Å². The molecule has 1 N–H and O–H groups in total. The Morgan fingerprint density at radius 3 is 2.83 bits per heavy atom. The molecule has 1 aromatic rings. The summed E-state index contributed by atoms with van der Waals surface area (Å²) in [5, 5.41) is 14.2. The third-order valence-corrected chi connectivity index (χ3v) is 2.80. The molecule has 1 rings (SSSR count). The predicted molar refractivity (Wildman–Crippen MR) is 70.9 cm³/mol. The molecule has 100 valence electrons. The second kappa shape index (κ2) is 7.31. The zero-order valence-corrected chi connectivity index (χ0v) is 11.2. The molecule has 0 aliphatic carbocycles. The minimum atomic E-state index is -0.458. The van der Waals surface area contributed by atoms with Crippen LogP contribution in [-0.2, 0) is 11.3 Å².